The number of carbonyl (C=O) groups is 1. The first kappa shape index (κ1) is 27.1. The molecule has 0 bridgehead atoms. The van der Waals surface area contributed by atoms with E-state index >= 15 is 0 Å². The Morgan fingerprint density at radius 1 is 1.14 bits per heavy atom. The van der Waals surface area contributed by atoms with Gasteiger partial charge in [0.15, 0.2) is 0 Å². The molecule has 1 N–H and O–H groups in total. The molecule has 1 aliphatic rings. The summed E-state index contributed by atoms with van der Waals surface area (Å²) in [7, 11) is 0. The van der Waals surface area contributed by atoms with Gasteiger partial charge < -0.3 is 19.1 Å². The van der Waals surface area contributed by atoms with Crippen LogP contribution in [0.5, 0.6) is 5.88 Å². The lowest BCUT2D eigenvalue weighted by Gasteiger charge is -2.27. The molecule has 3 heterocycles. The molecule has 9 heteroatoms. The van der Waals surface area contributed by atoms with Crippen LogP contribution in [-0.2, 0) is 24.3 Å². The number of carboxylic acids is 1. The van der Waals surface area contributed by atoms with E-state index in [-0.39, 0.29) is 23.8 Å². The standard InChI is InChI=1S/C33H27FN4O4/c1-20-13-21(15-31-36-29-10-8-23(33(39)40)16-30(29)38(31)18-25-11-12-41-25)6-9-26(20)28-3-2-4-32(37-28)42-19-24-7-5-22(17-35)14-27(24)34/h2-10,13-14,16,25H,11-12,15,18-19H2,1H3,(H,39,40)/t25-/m0/s1. The van der Waals surface area contributed by atoms with Crippen molar-refractivity contribution in [2.24, 2.45) is 0 Å². The summed E-state index contributed by atoms with van der Waals surface area (Å²) in [6.45, 7) is 3.37. The molecule has 0 spiro atoms. The number of carboxylic acid groups (broad SMARTS) is 1. The summed E-state index contributed by atoms with van der Waals surface area (Å²) in [6.07, 6.45) is 1.62. The van der Waals surface area contributed by atoms with Gasteiger partial charge >= 0.3 is 5.97 Å². The van der Waals surface area contributed by atoms with E-state index in [1.807, 2.05) is 37.3 Å². The van der Waals surface area contributed by atoms with Gasteiger partial charge in [0.2, 0.25) is 5.88 Å². The Morgan fingerprint density at radius 2 is 2.00 bits per heavy atom. The molecule has 3 aromatic carbocycles. The molecular weight excluding hydrogens is 535 g/mol. The summed E-state index contributed by atoms with van der Waals surface area (Å²) in [5, 5.41) is 18.4. The number of hydrogen-bond donors (Lipinski definition) is 1. The van der Waals surface area contributed by atoms with Gasteiger partial charge in [0, 0.05) is 30.2 Å². The van der Waals surface area contributed by atoms with Crippen LogP contribution in [0.25, 0.3) is 22.3 Å². The maximum atomic E-state index is 14.3. The number of aryl methyl sites for hydroxylation is 1. The van der Waals surface area contributed by atoms with Crippen molar-refractivity contribution in [3.63, 3.8) is 0 Å². The molecule has 1 fully saturated rings. The van der Waals surface area contributed by atoms with Crippen LogP contribution in [0.1, 0.15) is 44.9 Å². The molecule has 5 aromatic rings. The predicted octanol–water partition coefficient (Wildman–Crippen LogP) is 6.07. The second-order valence-corrected chi connectivity index (χ2v) is 10.3. The molecule has 2 aromatic heterocycles. The van der Waals surface area contributed by atoms with E-state index in [9.17, 15) is 14.3 Å². The minimum absolute atomic E-state index is 0.00717. The second-order valence-electron chi connectivity index (χ2n) is 10.3. The van der Waals surface area contributed by atoms with Gasteiger partial charge in [-0.15, -0.1) is 0 Å². The molecule has 0 radical (unpaired) electrons. The fourth-order valence-corrected chi connectivity index (χ4v) is 5.11. The minimum Gasteiger partial charge on any atom is -0.478 e. The molecule has 0 saturated carbocycles. The molecule has 0 aliphatic carbocycles. The van der Waals surface area contributed by atoms with Gasteiger partial charge in [-0.2, -0.15) is 5.26 Å². The molecule has 210 valence electrons. The number of ether oxygens (including phenoxy) is 2. The Labute approximate surface area is 241 Å². The lowest BCUT2D eigenvalue weighted by Crippen LogP contribution is -2.31. The van der Waals surface area contributed by atoms with Crippen molar-refractivity contribution >= 4 is 17.0 Å². The molecule has 1 atom stereocenters. The number of imidazole rings is 1. The molecule has 1 saturated heterocycles. The van der Waals surface area contributed by atoms with Crippen LogP contribution in [0.2, 0.25) is 0 Å². The topological polar surface area (TPSA) is 110 Å². The summed E-state index contributed by atoms with van der Waals surface area (Å²) in [5.74, 6) is -0.249. The van der Waals surface area contributed by atoms with E-state index in [4.69, 9.17) is 19.7 Å². The van der Waals surface area contributed by atoms with E-state index in [1.165, 1.54) is 6.07 Å². The highest BCUT2D eigenvalue weighted by Gasteiger charge is 2.22. The van der Waals surface area contributed by atoms with Crippen molar-refractivity contribution in [3.8, 4) is 23.2 Å². The van der Waals surface area contributed by atoms with E-state index in [0.29, 0.717) is 24.4 Å². The van der Waals surface area contributed by atoms with Crippen molar-refractivity contribution in [1.82, 2.24) is 14.5 Å². The highest BCUT2D eigenvalue weighted by atomic mass is 19.1. The van der Waals surface area contributed by atoms with Crippen LogP contribution >= 0.6 is 0 Å². The third-order valence-electron chi connectivity index (χ3n) is 7.46. The lowest BCUT2D eigenvalue weighted by atomic mass is 10.0. The molecule has 0 unspecified atom stereocenters. The van der Waals surface area contributed by atoms with E-state index in [0.717, 1.165) is 52.3 Å². The van der Waals surface area contributed by atoms with Crippen molar-refractivity contribution in [1.29, 1.82) is 5.26 Å². The number of aromatic carboxylic acids is 1. The van der Waals surface area contributed by atoms with Crippen LogP contribution in [-0.4, -0.2) is 38.3 Å². The fourth-order valence-electron chi connectivity index (χ4n) is 5.11. The highest BCUT2D eigenvalue weighted by molar-refractivity contribution is 5.92. The average molecular weight is 563 g/mol. The summed E-state index contributed by atoms with van der Waals surface area (Å²) in [6, 6.07) is 22.8. The average Bonchev–Trinajstić information content (AvgIpc) is 3.30. The number of hydrogen-bond acceptors (Lipinski definition) is 6. The molecule has 1 aliphatic heterocycles. The van der Waals surface area contributed by atoms with Gasteiger partial charge in [0.25, 0.3) is 0 Å². The Balaban J connectivity index is 1.23. The summed E-state index contributed by atoms with van der Waals surface area (Å²) in [5.41, 5.74) is 6.12. The molecule has 42 heavy (non-hydrogen) atoms. The normalized spacial score (nSPS) is 14.4. The quantitative estimate of drug-likeness (QED) is 0.232. The Bertz CT molecular complexity index is 1860. The van der Waals surface area contributed by atoms with E-state index < -0.39 is 11.8 Å². The Morgan fingerprint density at radius 3 is 2.71 bits per heavy atom. The van der Waals surface area contributed by atoms with Crippen molar-refractivity contribution in [2.45, 2.75) is 39.0 Å². The van der Waals surface area contributed by atoms with E-state index in [2.05, 4.69) is 15.6 Å². The maximum absolute atomic E-state index is 14.3. The van der Waals surface area contributed by atoms with Crippen LogP contribution in [0.15, 0.2) is 72.8 Å². The fraction of sp³-hybridized carbons (Fsp3) is 0.212. The smallest absolute Gasteiger partial charge is 0.335 e. The Hall–Kier alpha value is -5.07. The molecule has 6 rings (SSSR count). The zero-order chi connectivity index (χ0) is 29.2. The van der Waals surface area contributed by atoms with Crippen molar-refractivity contribution in [2.75, 3.05) is 6.61 Å². The van der Waals surface area contributed by atoms with Crippen LogP contribution in [0.4, 0.5) is 4.39 Å². The number of aromatic nitrogens is 3. The number of pyridine rings is 1. The largest absolute Gasteiger partial charge is 0.478 e. The number of fused-ring (bicyclic) bond motifs is 1. The van der Waals surface area contributed by atoms with Crippen molar-refractivity contribution in [3.05, 3.63) is 112 Å². The second kappa shape index (κ2) is 11.4. The van der Waals surface area contributed by atoms with Gasteiger partial charge in [0.1, 0.15) is 18.2 Å². The van der Waals surface area contributed by atoms with Gasteiger partial charge in [-0.25, -0.2) is 19.2 Å². The summed E-state index contributed by atoms with van der Waals surface area (Å²) >= 11 is 0. The van der Waals surface area contributed by atoms with Crippen LogP contribution in [0.3, 0.4) is 0 Å². The maximum Gasteiger partial charge on any atom is 0.335 e. The Kier molecular flexibility index (Phi) is 7.38. The first-order chi connectivity index (χ1) is 20.4. The van der Waals surface area contributed by atoms with Gasteiger partial charge in [-0.05, 0) is 60.9 Å². The third kappa shape index (κ3) is 5.57. The molecular formula is C33H27FN4O4. The number of halogens is 1. The summed E-state index contributed by atoms with van der Waals surface area (Å²) < 4.78 is 27.8. The predicted molar refractivity (Wildman–Crippen MR) is 154 cm³/mol. The molecule has 0 amide bonds. The highest BCUT2D eigenvalue weighted by Crippen LogP contribution is 2.28. The third-order valence-corrected chi connectivity index (χ3v) is 7.46. The van der Waals surface area contributed by atoms with Crippen LogP contribution < -0.4 is 4.74 Å². The summed E-state index contributed by atoms with van der Waals surface area (Å²) in [4.78, 5) is 21.1. The zero-order valence-corrected chi connectivity index (χ0v) is 22.9. The minimum atomic E-state index is -0.971. The number of nitriles is 1. The molecule has 8 nitrogen and oxygen atoms in total. The van der Waals surface area contributed by atoms with Crippen molar-refractivity contribution < 1.29 is 23.8 Å². The number of nitrogens with zero attached hydrogens (tertiary/aromatic N) is 4. The van der Waals surface area contributed by atoms with Crippen LogP contribution in [0, 0.1) is 24.1 Å². The lowest BCUT2D eigenvalue weighted by molar-refractivity contribution is -0.0589. The van der Waals surface area contributed by atoms with Gasteiger partial charge in [-0.1, -0.05) is 30.3 Å². The van der Waals surface area contributed by atoms with Gasteiger partial charge in [0.05, 0.1) is 46.6 Å². The monoisotopic (exact) mass is 562 g/mol. The number of rotatable bonds is 9. The van der Waals surface area contributed by atoms with E-state index in [1.54, 1.807) is 36.4 Å². The number of benzene rings is 3. The SMILES string of the molecule is Cc1cc(Cc2nc3ccc(C(=O)O)cc3n2C[C@@H]2CCO2)ccc1-c1cccc(OCc2ccc(C#N)cc2F)n1. The van der Waals surface area contributed by atoms with Gasteiger partial charge in [-0.3, -0.25) is 0 Å². The first-order valence-electron chi connectivity index (χ1n) is 13.6. The zero-order valence-electron chi connectivity index (χ0n) is 22.9. The first-order valence-corrected chi connectivity index (χ1v) is 13.6.